The highest BCUT2D eigenvalue weighted by Crippen LogP contribution is 2.17. The molecule has 0 spiro atoms. The highest BCUT2D eigenvalue weighted by atomic mass is 16.4. The molecule has 0 amide bonds. The van der Waals surface area contributed by atoms with Crippen LogP contribution in [0.4, 0.5) is 0 Å². The maximum atomic E-state index is 10.5. The van der Waals surface area contributed by atoms with E-state index in [-0.39, 0.29) is 6.42 Å². The van der Waals surface area contributed by atoms with Crippen LogP contribution >= 0.6 is 0 Å². The van der Waals surface area contributed by atoms with Crippen LogP contribution in [0.15, 0.2) is 60.3 Å². The van der Waals surface area contributed by atoms with E-state index in [0.717, 1.165) is 70.6 Å². The fraction of sp³-hybridized carbons (Fsp3) is 0.667. The van der Waals surface area contributed by atoms with E-state index in [1.165, 1.54) is 64.2 Å². The highest BCUT2D eigenvalue weighted by Gasteiger charge is 1.98. The molecule has 0 fully saturated rings. The summed E-state index contributed by atoms with van der Waals surface area (Å²) in [5.41, 5.74) is 1.57. The van der Waals surface area contributed by atoms with Crippen LogP contribution in [0.3, 0.4) is 0 Å². The van der Waals surface area contributed by atoms with Gasteiger partial charge in [0.2, 0.25) is 0 Å². The van der Waals surface area contributed by atoms with Gasteiger partial charge in [0.15, 0.2) is 0 Å². The standard InChI is InChI=1S/C36H60O4/c1-2-3-4-24-29-34(31-26-21-17-14-15-19-23-28-33-36(39)40)30-25-20-16-12-10-8-6-5-7-9-11-13-18-22-27-32-35(37)38/h3-5,7,11,13,21,26,29H,2,6,8-10,12,14-20,22-25,27-28,30-33H2,1H3,(H,37,38)(H,39,40). The number of allylic oxidation sites excluding steroid dienone is 10. The van der Waals surface area contributed by atoms with Gasteiger partial charge in [0.05, 0.1) is 0 Å². The Balaban J connectivity index is 3.87. The third-order valence-corrected chi connectivity index (χ3v) is 6.99. The first-order valence-corrected chi connectivity index (χ1v) is 16.3. The summed E-state index contributed by atoms with van der Waals surface area (Å²) in [6, 6.07) is 0. The second-order valence-electron chi connectivity index (χ2n) is 10.8. The van der Waals surface area contributed by atoms with E-state index in [9.17, 15) is 9.59 Å². The molecule has 0 bridgehead atoms. The Morgan fingerprint density at radius 2 is 0.900 bits per heavy atom. The van der Waals surface area contributed by atoms with E-state index >= 15 is 0 Å². The maximum Gasteiger partial charge on any atom is 0.303 e. The molecule has 0 atom stereocenters. The van der Waals surface area contributed by atoms with Gasteiger partial charge in [-0.05, 0) is 89.9 Å². The Hall–Kier alpha value is -2.36. The second kappa shape index (κ2) is 31.2. The molecule has 40 heavy (non-hydrogen) atoms. The molecule has 0 aliphatic heterocycles. The van der Waals surface area contributed by atoms with Gasteiger partial charge in [0.1, 0.15) is 0 Å². The zero-order valence-corrected chi connectivity index (χ0v) is 25.7. The van der Waals surface area contributed by atoms with Crippen LogP contribution in [0, 0.1) is 0 Å². The first-order chi connectivity index (χ1) is 19.6. The molecule has 2 N–H and O–H groups in total. The first kappa shape index (κ1) is 37.6. The van der Waals surface area contributed by atoms with E-state index in [1.54, 1.807) is 5.57 Å². The van der Waals surface area contributed by atoms with Crippen LogP contribution < -0.4 is 0 Å². The summed E-state index contributed by atoms with van der Waals surface area (Å²) in [5, 5.41) is 17.3. The van der Waals surface area contributed by atoms with Crippen LogP contribution in [0.1, 0.15) is 155 Å². The van der Waals surface area contributed by atoms with Crippen molar-refractivity contribution in [2.24, 2.45) is 0 Å². The predicted octanol–water partition coefficient (Wildman–Crippen LogP) is 11.3. The molecule has 0 aliphatic carbocycles. The Bertz CT molecular complexity index is 742. The summed E-state index contributed by atoms with van der Waals surface area (Å²) in [6.07, 6.45) is 44.8. The summed E-state index contributed by atoms with van der Waals surface area (Å²) in [4.78, 5) is 21.0. The van der Waals surface area contributed by atoms with Gasteiger partial charge in [-0.25, -0.2) is 0 Å². The Kier molecular flexibility index (Phi) is 29.3. The minimum Gasteiger partial charge on any atom is -0.481 e. The largest absolute Gasteiger partial charge is 0.481 e. The highest BCUT2D eigenvalue weighted by molar-refractivity contribution is 5.66. The van der Waals surface area contributed by atoms with Crippen LogP contribution in [0.25, 0.3) is 0 Å². The molecule has 0 rings (SSSR count). The molecule has 0 radical (unpaired) electrons. The van der Waals surface area contributed by atoms with Crippen molar-refractivity contribution in [3.05, 3.63) is 60.3 Å². The smallest absolute Gasteiger partial charge is 0.303 e. The topological polar surface area (TPSA) is 74.6 Å². The van der Waals surface area contributed by atoms with E-state index in [1.807, 2.05) is 0 Å². The molecule has 0 saturated carbocycles. The molecule has 0 aliphatic rings. The molecule has 0 saturated heterocycles. The van der Waals surface area contributed by atoms with Crippen molar-refractivity contribution in [1.82, 2.24) is 0 Å². The minimum absolute atomic E-state index is 0.281. The SMILES string of the molecule is CCC=CCC=C(CC=CCCCCCCCC(=O)O)CCCCCCCCC=CCC=CCCCCC(=O)O. The van der Waals surface area contributed by atoms with Gasteiger partial charge in [0.25, 0.3) is 0 Å². The van der Waals surface area contributed by atoms with Crippen molar-refractivity contribution in [1.29, 1.82) is 0 Å². The predicted molar refractivity (Wildman–Crippen MR) is 172 cm³/mol. The lowest BCUT2D eigenvalue weighted by molar-refractivity contribution is -0.138. The van der Waals surface area contributed by atoms with Gasteiger partial charge in [0, 0.05) is 12.8 Å². The molecule has 0 aromatic carbocycles. The third kappa shape index (κ3) is 31.9. The van der Waals surface area contributed by atoms with Crippen molar-refractivity contribution in [3.63, 3.8) is 0 Å². The van der Waals surface area contributed by atoms with Crippen molar-refractivity contribution >= 4 is 11.9 Å². The summed E-state index contributed by atoms with van der Waals surface area (Å²) < 4.78 is 0. The minimum atomic E-state index is -0.698. The number of unbranched alkanes of at least 4 members (excludes halogenated alkanes) is 13. The zero-order valence-electron chi connectivity index (χ0n) is 25.7. The van der Waals surface area contributed by atoms with Crippen molar-refractivity contribution < 1.29 is 19.8 Å². The Morgan fingerprint density at radius 1 is 0.475 bits per heavy atom. The fourth-order valence-electron chi connectivity index (χ4n) is 4.57. The molecule has 0 unspecified atom stereocenters. The average Bonchev–Trinajstić information content (AvgIpc) is 2.92. The van der Waals surface area contributed by atoms with Crippen LogP contribution in [-0.4, -0.2) is 22.2 Å². The Morgan fingerprint density at radius 3 is 1.45 bits per heavy atom. The second-order valence-corrected chi connectivity index (χ2v) is 10.8. The van der Waals surface area contributed by atoms with Gasteiger partial charge in [-0.2, -0.15) is 0 Å². The maximum absolute atomic E-state index is 10.5. The first-order valence-electron chi connectivity index (χ1n) is 16.3. The number of rotatable bonds is 29. The number of carboxylic acid groups (broad SMARTS) is 2. The van der Waals surface area contributed by atoms with Crippen LogP contribution in [0.2, 0.25) is 0 Å². The van der Waals surface area contributed by atoms with Crippen molar-refractivity contribution in [3.8, 4) is 0 Å². The lowest BCUT2D eigenvalue weighted by Gasteiger charge is -2.06. The lowest BCUT2D eigenvalue weighted by atomic mass is 10.0. The normalized spacial score (nSPS) is 12.6. The fourth-order valence-corrected chi connectivity index (χ4v) is 4.57. The molecule has 4 nitrogen and oxygen atoms in total. The van der Waals surface area contributed by atoms with E-state index in [2.05, 4.69) is 61.6 Å². The average molecular weight is 557 g/mol. The number of hydrogen-bond acceptors (Lipinski definition) is 2. The quantitative estimate of drug-likeness (QED) is 0.0709. The molecule has 0 aromatic heterocycles. The summed E-state index contributed by atoms with van der Waals surface area (Å²) in [7, 11) is 0. The van der Waals surface area contributed by atoms with Crippen LogP contribution in [0.5, 0.6) is 0 Å². The number of aliphatic carboxylic acids is 2. The van der Waals surface area contributed by atoms with Crippen molar-refractivity contribution in [2.75, 3.05) is 0 Å². The molecular formula is C36H60O4. The number of carbonyl (C=O) groups is 2. The molecule has 0 aromatic rings. The molecule has 0 heterocycles. The van der Waals surface area contributed by atoms with E-state index < -0.39 is 11.9 Å². The molecule has 4 heteroatoms. The van der Waals surface area contributed by atoms with Gasteiger partial charge in [-0.3, -0.25) is 9.59 Å². The summed E-state index contributed by atoms with van der Waals surface area (Å²) in [6.45, 7) is 2.18. The van der Waals surface area contributed by atoms with Gasteiger partial charge >= 0.3 is 11.9 Å². The Labute approximate surface area is 246 Å². The summed E-state index contributed by atoms with van der Waals surface area (Å²) in [5.74, 6) is -1.38. The number of carboxylic acids is 2. The third-order valence-electron chi connectivity index (χ3n) is 6.99. The van der Waals surface area contributed by atoms with Crippen molar-refractivity contribution in [2.45, 2.75) is 155 Å². The van der Waals surface area contributed by atoms with E-state index in [0.29, 0.717) is 6.42 Å². The van der Waals surface area contributed by atoms with Crippen LogP contribution in [-0.2, 0) is 9.59 Å². The monoisotopic (exact) mass is 556 g/mol. The van der Waals surface area contributed by atoms with Gasteiger partial charge in [-0.1, -0.05) is 112 Å². The lowest BCUT2D eigenvalue weighted by Crippen LogP contribution is -1.93. The summed E-state index contributed by atoms with van der Waals surface area (Å²) >= 11 is 0. The van der Waals surface area contributed by atoms with E-state index in [4.69, 9.17) is 10.2 Å². The number of hydrogen-bond donors (Lipinski definition) is 2. The molecule has 228 valence electrons. The zero-order chi connectivity index (χ0) is 29.4. The van der Waals surface area contributed by atoms with Gasteiger partial charge in [-0.15, -0.1) is 0 Å². The van der Waals surface area contributed by atoms with Gasteiger partial charge < -0.3 is 10.2 Å². The molecular weight excluding hydrogens is 496 g/mol.